The number of rotatable bonds is 5. The number of halogens is 3. The second-order valence-corrected chi connectivity index (χ2v) is 5.65. The summed E-state index contributed by atoms with van der Waals surface area (Å²) in [5.41, 5.74) is -0.216. The normalized spacial score (nSPS) is 12.1. The van der Waals surface area contributed by atoms with Gasteiger partial charge in [0.05, 0.1) is 12.1 Å². The maximum absolute atomic E-state index is 13.6. The van der Waals surface area contributed by atoms with Gasteiger partial charge in [-0.25, -0.2) is 13.6 Å². The molecule has 0 fully saturated rings. The van der Waals surface area contributed by atoms with Crippen molar-refractivity contribution in [2.24, 2.45) is 5.92 Å². The van der Waals surface area contributed by atoms with E-state index in [4.69, 9.17) is 5.11 Å². The number of aliphatic carboxylic acids is 1. The van der Waals surface area contributed by atoms with Crippen molar-refractivity contribution in [2.45, 2.75) is 26.3 Å². The van der Waals surface area contributed by atoms with Crippen molar-refractivity contribution in [1.29, 1.82) is 0 Å². The van der Waals surface area contributed by atoms with Crippen molar-refractivity contribution in [3.05, 3.63) is 28.2 Å². The summed E-state index contributed by atoms with van der Waals surface area (Å²) >= 11 is 2.95. The Balaban J connectivity index is 2.79. The molecule has 1 unspecified atom stereocenters. The van der Waals surface area contributed by atoms with E-state index in [-0.39, 0.29) is 22.5 Å². The molecule has 0 aliphatic rings. The number of carbonyl (C=O) groups is 2. The molecule has 0 heterocycles. The molecule has 2 amide bonds. The van der Waals surface area contributed by atoms with E-state index in [0.717, 1.165) is 6.07 Å². The molecule has 21 heavy (non-hydrogen) atoms. The molecular weight excluding hydrogens is 350 g/mol. The molecule has 8 heteroatoms. The van der Waals surface area contributed by atoms with Gasteiger partial charge in [0.25, 0.3) is 0 Å². The highest BCUT2D eigenvalue weighted by atomic mass is 79.9. The molecule has 0 aliphatic heterocycles. The van der Waals surface area contributed by atoms with Gasteiger partial charge < -0.3 is 15.7 Å². The van der Waals surface area contributed by atoms with E-state index in [9.17, 15) is 18.4 Å². The van der Waals surface area contributed by atoms with E-state index in [1.807, 2.05) is 0 Å². The molecule has 1 rings (SSSR count). The second kappa shape index (κ2) is 7.35. The van der Waals surface area contributed by atoms with Crippen molar-refractivity contribution in [2.75, 3.05) is 5.32 Å². The molecule has 1 aromatic carbocycles. The van der Waals surface area contributed by atoms with E-state index < -0.39 is 29.7 Å². The third kappa shape index (κ3) is 5.30. The molecule has 0 radical (unpaired) electrons. The van der Waals surface area contributed by atoms with Crippen LogP contribution in [0.15, 0.2) is 16.6 Å². The van der Waals surface area contributed by atoms with Gasteiger partial charge in [-0.05, 0) is 27.9 Å². The molecule has 116 valence electrons. The molecule has 0 aromatic heterocycles. The summed E-state index contributed by atoms with van der Waals surface area (Å²) in [4.78, 5) is 22.5. The Morgan fingerprint density at radius 1 is 1.33 bits per heavy atom. The van der Waals surface area contributed by atoms with Crippen LogP contribution >= 0.6 is 15.9 Å². The molecule has 1 aromatic rings. The Bertz CT molecular complexity index is 529. The number of benzene rings is 1. The number of amides is 2. The number of hydrogen-bond donors (Lipinski definition) is 3. The summed E-state index contributed by atoms with van der Waals surface area (Å²) in [6.45, 7) is 3.50. The fraction of sp³-hybridized carbons (Fsp3) is 0.385. The van der Waals surface area contributed by atoms with Crippen LogP contribution in [0.25, 0.3) is 0 Å². The average Bonchev–Trinajstić information content (AvgIpc) is 2.32. The lowest BCUT2D eigenvalue weighted by molar-refractivity contribution is -0.137. The summed E-state index contributed by atoms with van der Waals surface area (Å²) in [5.74, 6) is -2.89. The van der Waals surface area contributed by atoms with Crippen LogP contribution in [0.5, 0.6) is 0 Å². The Morgan fingerprint density at radius 2 is 1.95 bits per heavy atom. The Kier molecular flexibility index (Phi) is 6.07. The number of carboxylic acid groups (broad SMARTS) is 1. The third-order valence-electron chi connectivity index (χ3n) is 2.76. The third-order valence-corrected chi connectivity index (χ3v) is 3.39. The van der Waals surface area contributed by atoms with E-state index in [2.05, 4.69) is 26.6 Å². The maximum Gasteiger partial charge on any atom is 0.319 e. The highest BCUT2D eigenvalue weighted by Gasteiger charge is 2.20. The van der Waals surface area contributed by atoms with Crippen molar-refractivity contribution in [3.63, 3.8) is 0 Å². The predicted molar refractivity (Wildman–Crippen MR) is 77.1 cm³/mol. The van der Waals surface area contributed by atoms with Gasteiger partial charge in [0, 0.05) is 16.6 Å². The lowest BCUT2D eigenvalue weighted by atomic mass is 10.0. The van der Waals surface area contributed by atoms with E-state index in [0.29, 0.717) is 6.07 Å². The molecule has 1 atom stereocenters. The van der Waals surface area contributed by atoms with Gasteiger partial charge in [0.1, 0.15) is 5.82 Å². The second-order valence-electron chi connectivity index (χ2n) is 4.79. The summed E-state index contributed by atoms with van der Waals surface area (Å²) in [6.07, 6.45) is -0.252. The Labute approximate surface area is 128 Å². The standard InChI is InChI=1S/C13H15BrF2N2O3/c1-6(2)10(5-11(19)20)17-13(21)18-12-8(14)3-7(15)4-9(12)16/h3-4,6,10H,5H2,1-2H3,(H,19,20)(H2,17,18,21). The number of carboxylic acids is 1. The van der Waals surface area contributed by atoms with Crippen molar-refractivity contribution >= 4 is 33.6 Å². The van der Waals surface area contributed by atoms with Gasteiger partial charge in [-0.2, -0.15) is 0 Å². The quantitative estimate of drug-likeness (QED) is 0.749. The zero-order valence-corrected chi connectivity index (χ0v) is 13.0. The monoisotopic (exact) mass is 364 g/mol. The van der Waals surface area contributed by atoms with Gasteiger partial charge in [-0.15, -0.1) is 0 Å². The van der Waals surface area contributed by atoms with Crippen LogP contribution in [-0.2, 0) is 4.79 Å². The molecule has 0 saturated carbocycles. The first-order valence-corrected chi connectivity index (χ1v) is 6.94. The van der Waals surface area contributed by atoms with E-state index in [1.54, 1.807) is 13.8 Å². The molecule has 3 N–H and O–H groups in total. The first kappa shape index (κ1) is 17.4. The molecule has 0 aliphatic carbocycles. The lowest BCUT2D eigenvalue weighted by Gasteiger charge is -2.21. The Hall–Kier alpha value is -1.70. The Morgan fingerprint density at radius 3 is 2.43 bits per heavy atom. The zero-order chi connectivity index (χ0) is 16.2. The van der Waals surface area contributed by atoms with Crippen molar-refractivity contribution in [3.8, 4) is 0 Å². The highest BCUT2D eigenvalue weighted by Crippen LogP contribution is 2.26. The minimum atomic E-state index is -1.05. The summed E-state index contributed by atoms with van der Waals surface area (Å²) in [5, 5.41) is 13.5. The van der Waals surface area contributed by atoms with Gasteiger partial charge in [-0.1, -0.05) is 13.8 Å². The molecule has 0 spiro atoms. The van der Waals surface area contributed by atoms with Crippen LogP contribution in [0.1, 0.15) is 20.3 Å². The first-order chi connectivity index (χ1) is 9.70. The van der Waals surface area contributed by atoms with Crippen LogP contribution in [-0.4, -0.2) is 23.1 Å². The fourth-order valence-electron chi connectivity index (χ4n) is 1.62. The van der Waals surface area contributed by atoms with Crippen molar-refractivity contribution < 1.29 is 23.5 Å². The van der Waals surface area contributed by atoms with Gasteiger partial charge in [0.15, 0.2) is 5.82 Å². The average molecular weight is 365 g/mol. The topological polar surface area (TPSA) is 78.4 Å². The summed E-state index contributed by atoms with van der Waals surface area (Å²) < 4.78 is 26.6. The highest BCUT2D eigenvalue weighted by molar-refractivity contribution is 9.10. The smallest absolute Gasteiger partial charge is 0.319 e. The van der Waals surface area contributed by atoms with Crippen LogP contribution < -0.4 is 10.6 Å². The van der Waals surface area contributed by atoms with E-state index in [1.165, 1.54) is 0 Å². The zero-order valence-electron chi connectivity index (χ0n) is 11.4. The molecule has 0 saturated heterocycles. The minimum absolute atomic E-state index is 0.0504. The molecule has 0 bridgehead atoms. The maximum atomic E-state index is 13.6. The van der Waals surface area contributed by atoms with Gasteiger partial charge in [0.2, 0.25) is 0 Å². The van der Waals surface area contributed by atoms with Crippen LogP contribution in [0.2, 0.25) is 0 Å². The van der Waals surface area contributed by atoms with Crippen LogP contribution in [0.4, 0.5) is 19.3 Å². The summed E-state index contributed by atoms with van der Waals surface area (Å²) in [7, 11) is 0. The summed E-state index contributed by atoms with van der Waals surface area (Å²) in [6, 6.07) is 0.277. The first-order valence-electron chi connectivity index (χ1n) is 6.14. The fourth-order valence-corrected chi connectivity index (χ4v) is 2.13. The number of nitrogens with one attached hydrogen (secondary N) is 2. The molecular formula is C13H15BrF2N2O3. The van der Waals surface area contributed by atoms with Crippen LogP contribution in [0, 0.1) is 17.6 Å². The lowest BCUT2D eigenvalue weighted by Crippen LogP contribution is -2.42. The SMILES string of the molecule is CC(C)C(CC(=O)O)NC(=O)Nc1c(F)cc(F)cc1Br. The number of anilines is 1. The molecule has 5 nitrogen and oxygen atoms in total. The number of urea groups is 1. The largest absolute Gasteiger partial charge is 0.481 e. The van der Waals surface area contributed by atoms with Crippen molar-refractivity contribution in [1.82, 2.24) is 5.32 Å². The number of hydrogen-bond acceptors (Lipinski definition) is 2. The van der Waals surface area contributed by atoms with Gasteiger partial charge in [-0.3, -0.25) is 4.79 Å². The van der Waals surface area contributed by atoms with Crippen LogP contribution in [0.3, 0.4) is 0 Å². The predicted octanol–water partition coefficient (Wildman–Crippen LogP) is 3.35. The number of carbonyl (C=O) groups excluding carboxylic acids is 1. The van der Waals surface area contributed by atoms with E-state index >= 15 is 0 Å². The minimum Gasteiger partial charge on any atom is -0.481 e. The van der Waals surface area contributed by atoms with Gasteiger partial charge >= 0.3 is 12.0 Å².